The number of hydrogen-bond acceptors (Lipinski definition) is 3. The van der Waals surface area contributed by atoms with Crippen LogP contribution >= 0.6 is 0 Å². The molecule has 64 valence electrons. The molecule has 0 unspecified atom stereocenters. The fourth-order valence-electron chi connectivity index (χ4n) is 0.444. The Morgan fingerprint density at radius 2 is 2.18 bits per heavy atom. The molecule has 0 radical (unpaired) electrons. The fourth-order valence-corrected chi connectivity index (χ4v) is 0.854. The summed E-state index contributed by atoms with van der Waals surface area (Å²) in [7, 11) is -2.50. The van der Waals surface area contributed by atoms with E-state index in [-0.39, 0.29) is 0 Å². The number of rotatable bonds is 3. The number of aliphatic imine (C=N–C) groups is 1. The van der Waals surface area contributed by atoms with Gasteiger partial charge in [0.15, 0.2) is 10.7 Å². The first-order chi connectivity index (χ1) is 5.07. The van der Waals surface area contributed by atoms with E-state index >= 15 is 0 Å². The molecular weight excluding hydrogens is 164 g/mol. The summed E-state index contributed by atoms with van der Waals surface area (Å²) in [5.74, 6) is 0.354. The largest absolute Gasteiger partial charge is 0.387 e. The first-order valence-corrected chi connectivity index (χ1v) is 4.39. The van der Waals surface area contributed by atoms with Crippen molar-refractivity contribution >= 4 is 16.5 Å². The number of thiol groups is 1. The Kier molecular flexibility index (Phi) is 4.52. The van der Waals surface area contributed by atoms with Gasteiger partial charge in [-0.2, -0.15) is 0 Å². The highest BCUT2D eigenvalue weighted by Gasteiger charge is 1.93. The third kappa shape index (κ3) is 4.55. The minimum absolute atomic E-state index is 0.296. The molecule has 0 spiro atoms. The second kappa shape index (κ2) is 4.90. The van der Waals surface area contributed by atoms with Crippen molar-refractivity contribution in [2.75, 3.05) is 0 Å². The predicted octanol–water partition coefficient (Wildman–Crippen LogP) is 0.226. The fraction of sp³-hybridized carbons (Fsp3) is 0.500. The lowest BCUT2D eigenvalue weighted by Gasteiger charge is -1.89. The van der Waals surface area contributed by atoms with Gasteiger partial charge in [-0.25, -0.2) is 13.4 Å². The van der Waals surface area contributed by atoms with E-state index in [1.54, 1.807) is 13.8 Å². The highest BCUT2D eigenvalue weighted by molar-refractivity contribution is 7.76. The standard InChI is InChI=1S/C6H12N2O2S/c1-3-6(11(9)10)4-8-5(2)7/h4,11H,3H2,1-2H3,(H2,7,8)/b6-4+. The normalized spacial score (nSPS) is 14.1. The SMILES string of the molecule is CC/C(=C\N=C(/C)N)[SH](=O)=O. The highest BCUT2D eigenvalue weighted by Crippen LogP contribution is 2.00. The lowest BCUT2D eigenvalue weighted by molar-refractivity contribution is 0.618. The molecule has 0 saturated heterocycles. The number of allylic oxidation sites excluding steroid dienone is 1. The molecule has 0 fully saturated rings. The Hall–Kier alpha value is -0.840. The van der Waals surface area contributed by atoms with E-state index in [9.17, 15) is 8.42 Å². The molecule has 0 aromatic rings. The third-order valence-corrected chi connectivity index (χ3v) is 1.91. The lowest BCUT2D eigenvalue weighted by atomic mass is 10.5. The zero-order chi connectivity index (χ0) is 8.85. The topological polar surface area (TPSA) is 72.5 Å². The molecule has 0 saturated carbocycles. The van der Waals surface area contributed by atoms with Crippen LogP contribution in [-0.2, 0) is 10.7 Å². The van der Waals surface area contributed by atoms with Gasteiger partial charge in [0.1, 0.15) is 0 Å². The van der Waals surface area contributed by atoms with Crippen LogP contribution in [0, 0.1) is 0 Å². The van der Waals surface area contributed by atoms with Crippen LogP contribution in [0.15, 0.2) is 16.1 Å². The van der Waals surface area contributed by atoms with Gasteiger partial charge in [-0.15, -0.1) is 0 Å². The van der Waals surface area contributed by atoms with Crippen LogP contribution < -0.4 is 5.73 Å². The van der Waals surface area contributed by atoms with Crippen LogP contribution in [0.1, 0.15) is 20.3 Å². The monoisotopic (exact) mass is 176 g/mol. The van der Waals surface area contributed by atoms with Gasteiger partial charge in [0.25, 0.3) is 0 Å². The molecule has 0 aliphatic carbocycles. The van der Waals surface area contributed by atoms with Crippen molar-refractivity contribution in [3.05, 3.63) is 11.1 Å². The summed E-state index contributed by atoms with van der Waals surface area (Å²) in [6.45, 7) is 3.35. The molecule has 0 aromatic heterocycles. The molecule has 0 aromatic carbocycles. The van der Waals surface area contributed by atoms with Gasteiger partial charge >= 0.3 is 0 Å². The summed E-state index contributed by atoms with van der Waals surface area (Å²) >= 11 is 0. The lowest BCUT2D eigenvalue weighted by Crippen LogP contribution is -2.03. The van der Waals surface area contributed by atoms with E-state index in [4.69, 9.17) is 5.73 Å². The van der Waals surface area contributed by atoms with Crippen LogP contribution in [0.3, 0.4) is 0 Å². The van der Waals surface area contributed by atoms with Gasteiger partial charge in [0.05, 0.1) is 10.7 Å². The maximum absolute atomic E-state index is 10.4. The van der Waals surface area contributed by atoms with E-state index in [2.05, 4.69) is 4.99 Å². The van der Waals surface area contributed by atoms with Crippen LogP contribution in [0.25, 0.3) is 0 Å². The minimum atomic E-state index is -2.50. The van der Waals surface area contributed by atoms with Gasteiger partial charge in [0.2, 0.25) is 0 Å². The molecule has 0 amide bonds. The molecule has 4 nitrogen and oxygen atoms in total. The third-order valence-electron chi connectivity index (χ3n) is 1.01. The Balaban J connectivity index is 4.50. The van der Waals surface area contributed by atoms with E-state index in [1.165, 1.54) is 6.20 Å². The Bertz CT molecular complexity index is 241. The molecule has 5 heteroatoms. The molecule has 0 heterocycles. The number of nitrogens with zero attached hydrogens (tertiary/aromatic N) is 1. The van der Waals surface area contributed by atoms with Gasteiger partial charge in [-0.05, 0) is 13.3 Å². The quantitative estimate of drug-likeness (QED) is 0.367. The summed E-state index contributed by atoms with van der Waals surface area (Å²) in [5, 5.41) is 0. The zero-order valence-corrected chi connectivity index (χ0v) is 7.47. The average Bonchev–Trinajstić information content (AvgIpc) is 1.87. The van der Waals surface area contributed by atoms with Crippen molar-refractivity contribution in [1.29, 1.82) is 0 Å². The van der Waals surface area contributed by atoms with Crippen molar-refractivity contribution in [1.82, 2.24) is 0 Å². The van der Waals surface area contributed by atoms with Gasteiger partial charge in [-0.3, -0.25) is 0 Å². The molecule has 2 N–H and O–H groups in total. The number of nitrogens with two attached hydrogens (primary N) is 1. The van der Waals surface area contributed by atoms with Crippen LogP contribution in [0.2, 0.25) is 0 Å². The van der Waals surface area contributed by atoms with Gasteiger partial charge in [0, 0.05) is 6.20 Å². The molecule has 0 rings (SSSR count). The van der Waals surface area contributed by atoms with Crippen LogP contribution in [0.5, 0.6) is 0 Å². The smallest absolute Gasteiger partial charge is 0.165 e. The molecule has 0 aliphatic rings. The minimum Gasteiger partial charge on any atom is -0.387 e. The Labute approximate surface area is 67.8 Å². The summed E-state index contributed by atoms with van der Waals surface area (Å²) in [4.78, 5) is 3.96. The summed E-state index contributed by atoms with van der Waals surface area (Å²) in [5.41, 5.74) is 5.20. The van der Waals surface area contributed by atoms with Crippen molar-refractivity contribution in [2.24, 2.45) is 10.7 Å². The Morgan fingerprint density at radius 1 is 1.64 bits per heavy atom. The molecule has 11 heavy (non-hydrogen) atoms. The highest BCUT2D eigenvalue weighted by atomic mass is 32.2. The van der Waals surface area contributed by atoms with Crippen LogP contribution in [-0.4, -0.2) is 14.3 Å². The summed E-state index contributed by atoms with van der Waals surface area (Å²) in [6, 6.07) is 0. The van der Waals surface area contributed by atoms with E-state index < -0.39 is 10.7 Å². The molecule has 0 aliphatic heterocycles. The predicted molar refractivity (Wildman–Crippen MR) is 46.0 cm³/mol. The van der Waals surface area contributed by atoms with E-state index in [1.807, 2.05) is 0 Å². The van der Waals surface area contributed by atoms with E-state index in [0.717, 1.165) is 0 Å². The summed E-state index contributed by atoms with van der Waals surface area (Å²) < 4.78 is 20.8. The summed E-state index contributed by atoms with van der Waals surface area (Å²) in [6.07, 6.45) is 1.73. The van der Waals surface area contributed by atoms with E-state index in [0.29, 0.717) is 17.2 Å². The molecular formula is C6H12N2O2S. The van der Waals surface area contributed by atoms with Crippen molar-refractivity contribution in [3.8, 4) is 0 Å². The zero-order valence-electron chi connectivity index (χ0n) is 6.57. The maximum atomic E-state index is 10.4. The molecule has 0 bridgehead atoms. The number of hydrogen-bond donors (Lipinski definition) is 2. The van der Waals surface area contributed by atoms with Crippen molar-refractivity contribution in [3.63, 3.8) is 0 Å². The van der Waals surface area contributed by atoms with Crippen molar-refractivity contribution < 1.29 is 8.42 Å². The van der Waals surface area contributed by atoms with Crippen LogP contribution in [0.4, 0.5) is 0 Å². The second-order valence-electron chi connectivity index (χ2n) is 2.00. The van der Waals surface area contributed by atoms with Gasteiger partial charge < -0.3 is 5.73 Å². The van der Waals surface area contributed by atoms with Gasteiger partial charge in [-0.1, -0.05) is 6.92 Å². The molecule has 0 atom stereocenters. The second-order valence-corrected chi connectivity index (χ2v) is 3.09. The maximum Gasteiger partial charge on any atom is 0.165 e. The first-order valence-electron chi connectivity index (χ1n) is 3.21. The average molecular weight is 176 g/mol. The Morgan fingerprint density at radius 3 is 2.45 bits per heavy atom. The van der Waals surface area contributed by atoms with Crippen molar-refractivity contribution in [2.45, 2.75) is 20.3 Å². The number of amidine groups is 1. The first kappa shape index (κ1) is 10.2.